The summed E-state index contributed by atoms with van der Waals surface area (Å²) in [6, 6.07) is 24.2. The zero-order chi connectivity index (χ0) is 22.7. The predicted octanol–water partition coefficient (Wildman–Crippen LogP) is 4.48. The zero-order valence-electron chi connectivity index (χ0n) is 18.2. The number of rotatable bonds is 8. The molecule has 0 bridgehead atoms. The van der Waals surface area contributed by atoms with Crippen LogP contribution < -0.4 is 5.32 Å². The van der Waals surface area contributed by atoms with Crippen molar-refractivity contribution in [3.8, 4) is 0 Å². The van der Waals surface area contributed by atoms with Crippen LogP contribution in [0.1, 0.15) is 41.5 Å². The van der Waals surface area contributed by atoms with Crippen LogP contribution in [0.3, 0.4) is 0 Å². The van der Waals surface area contributed by atoms with Crippen molar-refractivity contribution in [1.82, 2.24) is 9.21 Å². The van der Waals surface area contributed by atoms with E-state index in [4.69, 9.17) is 0 Å². The molecule has 0 saturated carbocycles. The summed E-state index contributed by atoms with van der Waals surface area (Å²) in [5, 5.41) is 3.43. The van der Waals surface area contributed by atoms with Crippen molar-refractivity contribution < 1.29 is 13.2 Å². The van der Waals surface area contributed by atoms with Crippen molar-refractivity contribution >= 4 is 21.6 Å². The van der Waals surface area contributed by atoms with Crippen LogP contribution in [-0.4, -0.2) is 36.6 Å². The van der Waals surface area contributed by atoms with Gasteiger partial charge in [0.05, 0.1) is 4.90 Å². The standard InChI is InChI=1S/C25H27N3O3S/c1-3-27(4-2)32(30,31)21-16-14-20(15-17-21)26-24-22-12-8-9-13-23(22)25(29)28(24)18-19-10-6-5-7-11-19/h5-17,24,26H,3-4,18H2,1-2H3/t24-/m1/s1. The molecule has 1 N–H and O–H groups in total. The van der Waals surface area contributed by atoms with Crippen LogP contribution in [0.5, 0.6) is 0 Å². The van der Waals surface area contributed by atoms with Gasteiger partial charge in [0.1, 0.15) is 6.17 Å². The average Bonchev–Trinajstić information content (AvgIpc) is 3.07. The summed E-state index contributed by atoms with van der Waals surface area (Å²) in [5.41, 5.74) is 3.38. The molecule has 6 nitrogen and oxygen atoms in total. The maximum atomic E-state index is 13.1. The van der Waals surface area contributed by atoms with E-state index < -0.39 is 10.0 Å². The Morgan fingerprint density at radius 2 is 1.50 bits per heavy atom. The van der Waals surface area contributed by atoms with E-state index in [1.165, 1.54) is 4.31 Å². The molecule has 4 rings (SSSR count). The van der Waals surface area contributed by atoms with Crippen molar-refractivity contribution in [3.05, 3.63) is 95.6 Å². The lowest BCUT2D eigenvalue weighted by Gasteiger charge is -2.27. The summed E-state index contributed by atoms with van der Waals surface area (Å²) in [6.45, 7) is 4.97. The van der Waals surface area contributed by atoms with E-state index in [0.717, 1.165) is 16.8 Å². The fourth-order valence-electron chi connectivity index (χ4n) is 4.06. The van der Waals surface area contributed by atoms with E-state index in [1.807, 2.05) is 68.4 Å². The molecule has 0 fully saturated rings. The Labute approximate surface area is 189 Å². The molecule has 7 heteroatoms. The molecule has 166 valence electrons. The largest absolute Gasteiger partial charge is 0.361 e. The van der Waals surface area contributed by atoms with Gasteiger partial charge in [-0.05, 0) is 35.9 Å². The topological polar surface area (TPSA) is 69.7 Å². The van der Waals surface area contributed by atoms with Crippen molar-refractivity contribution in [3.63, 3.8) is 0 Å². The molecule has 32 heavy (non-hydrogen) atoms. The summed E-state index contributed by atoms with van der Waals surface area (Å²) in [6.07, 6.45) is -0.343. The summed E-state index contributed by atoms with van der Waals surface area (Å²) in [4.78, 5) is 15.2. The lowest BCUT2D eigenvalue weighted by molar-refractivity contribution is 0.0728. The number of nitrogens with one attached hydrogen (secondary N) is 1. The quantitative estimate of drug-likeness (QED) is 0.550. The Hall–Kier alpha value is -3.16. The second-order valence-electron chi connectivity index (χ2n) is 7.67. The molecule has 0 spiro atoms. The number of nitrogens with zero attached hydrogens (tertiary/aromatic N) is 2. The molecule has 3 aromatic carbocycles. The number of fused-ring (bicyclic) bond motifs is 1. The molecule has 1 amide bonds. The Kier molecular flexibility index (Phi) is 6.30. The highest BCUT2D eigenvalue weighted by atomic mass is 32.2. The maximum Gasteiger partial charge on any atom is 0.256 e. The van der Waals surface area contributed by atoms with Crippen LogP contribution in [0.25, 0.3) is 0 Å². The van der Waals surface area contributed by atoms with Gasteiger partial charge in [0.15, 0.2) is 0 Å². The molecule has 3 aromatic rings. The first-order chi connectivity index (χ1) is 15.5. The van der Waals surface area contributed by atoms with Gasteiger partial charge < -0.3 is 10.2 Å². The van der Waals surface area contributed by atoms with Gasteiger partial charge >= 0.3 is 0 Å². The summed E-state index contributed by atoms with van der Waals surface area (Å²) < 4.78 is 27.0. The highest BCUT2D eigenvalue weighted by molar-refractivity contribution is 7.89. The normalized spacial score (nSPS) is 15.8. The van der Waals surface area contributed by atoms with Gasteiger partial charge in [0.25, 0.3) is 5.91 Å². The minimum atomic E-state index is -3.51. The number of carbonyl (C=O) groups is 1. The van der Waals surface area contributed by atoms with Gasteiger partial charge in [-0.3, -0.25) is 4.79 Å². The maximum absolute atomic E-state index is 13.1. The first kappa shape index (κ1) is 22.0. The molecule has 1 aliphatic rings. The minimum absolute atomic E-state index is 0.0253. The molecule has 1 atom stereocenters. The predicted molar refractivity (Wildman–Crippen MR) is 126 cm³/mol. The molecule has 0 aliphatic carbocycles. The lowest BCUT2D eigenvalue weighted by atomic mass is 10.1. The highest BCUT2D eigenvalue weighted by Crippen LogP contribution is 2.35. The summed E-state index contributed by atoms with van der Waals surface area (Å²) in [7, 11) is -3.51. The number of sulfonamides is 1. The average molecular weight is 450 g/mol. The van der Waals surface area contributed by atoms with Crippen LogP contribution in [0, 0.1) is 0 Å². The first-order valence-electron chi connectivity index (χ1n) is 10.8. The van der Waals surface area contributed by atoms with E-state index in [0.29, 0.717) is 25.2 Å². The van der Waals surface area contributed by atoms with Crippen molar-refractivity contribution in [1.29, 1.82) is 0 Å². The van der Waals surface area contributed by atoms with E-state index in [9.17, 15) is 13.2 Å². The summed E-state index contributed by atoms with van der Waals surface area (Å²) in [5.74, 6) is -0.0253. The number of anilines is 1. The summed E-state index contributed by atoms with van der Waals surface area (Å²) >= 11 is 0. The third-order valence-electron chi connectivity index (χ3n) is 5.75. The minimum Gasteiger partial charge on any atom is -0.361 e. The third-order valence-corrected chi connectivity index (χ3v) is 7.82. The Morgan fingerprint density at radius 3 is 2.16 bits per heavy atom. The van der Waals surface area contributed by atoms with Crippen molar-refractivity contribution in [2.24, 2.45) is 0 Å². The van der Waals surface area contributed by atoms with Gasteiger partial charge in [-0.2, -0.15) is 4.31 Å². The van der Waals surface area contributed by atoms with Crippen LogP contribution >= 0.6 is 0 Å². The van der Waals surface area contributed by atoms with E-state index >= 15 is 0 Å². The number of carbonyl (C=O) groups excluding carboxylic acids is 1. The van der Waals surface area contributed by atoms with E-state index in [-0.39, 0.29) is 17.0 Å². The smallest absolute Gasteiger partial charge is 0.256 e. The van der Waals surface area contributed by atoms with Crippen LogP contribution in [0.15, 0.2) is 83.8 Å². The van der Waals surface area contributed by atoms with Gasteiger partial charge in [-0.15, -0.1) is 0 Å². The van der Waals surface area contributed by atoms with Gasteiger partial charge in [0, 0.05) is 36.4 Å². The van der Waals surface area contributed by atoms with Crippen molar-refractivity contribution in [2.75, 3.05) is 18.4 Å². The second kappa shape index (κ2) is 9.14. The molecular weight excluding hydrogens is 422 g/mol. The first-order valence-corrected chi connectivity index (χ1v) is 12.2. The van der Waals surface area contributed by atoms with E-state index in [1.54, 1.807) is 29.2 Å². The molecule has 1 heterocycles. The van der Waals surface area contributed by atoms with Gasteiger partial charge in [-0.1, -0.05) is 62.4 Å². The Bertz CT molecular complexity index is 1190. The number of hydrogen-bond acceptors (Lipinski definition) is 4. The molecule has 0 aromatic heterocycles. The molecule has 0 unspecified atom stereocenters. The highest BCUT2D eigenvalue weighted by Gasteiger charge is 2.36. The number of amides is 1. The Morgan fingerprint density at radius 1 is 0.875 bits per heavy atom. The number of hydrogen-bond donors (Lipinski definition) is 1. The monoisotopic (exact) mass is 449 g/mol. The second-order valence-corrected chi connectivity index (χ2v) is 9.60. The zero-order valence-corrected chi connectivity index (χ0v) is 19.0. The Balaban J connectivity index is 1.62. The lowest BCUT2D eigenvalue weighted by Crippen LogP contribution is -2.32. The molecule has 0 saturated heterocycles. The van der Waals surface area contributed by atoms with Crippen molar-refractivity contribution in [2.45, 2.75) is 31.5 Å². The van der Waals surface area contributed by atoms with Gasteiger partial charge in [0.2, 0.25) is 10.0 Å². The third kappa shape index (κ3) is 4.13. The van der Waals surface area contributed by atoms with E-state index in [2.05, 4.69) is 5.32 Å². The van der Waals surface area contributed by atoms with Gasteiger partial charge in [-0.25, -0.2) is 8.42 Å². The molecule has 1 aliphatic heterocycles. The van der Waals surface area contributed by atoms with Crippen LogP contribution in [0.4, 0.5) is 5.69 Å². The SMILES string of the molecule is CCN(CC)S(=O)(=O)c1ccc(N[C@H]2c3ccccc3C(=O)N2Cc2ccccc2)cc1. The van der Waals surface area contributed by atoms with Crippen LogP contribution in [-0.2, 0) is 16.6 Å². The number of benzene rings is 3. The molecule has 0 radical (unpaired) electrons. The van der Waals surface area contributed by atoms with Crippen LogP contribution in [0.2, 0.25) is 0 Å². The molecular formula is C25H27N3O3S. The fraction of sp³-hybridized carbons (Fsp3) is 0.240. The fourth-order valence-corrected chi connectivity index (χ4v) is 5.52.